The maximum absolute atomic E-state index is 9.27. The minimum absolute atomic E-state index is 0.215. The topological polar surface area (TPSA) is 52.0 Å². The molecule has 1 aliphatic heterocycles. The lowest BCUT2D eigenvalue weighted by atomic mass is 10.0. The van der Waals surface area contributed by atoms with Crippen LogP contribution in [0.1, 0.15) is 17.2 Å². The fourth-order valence-electron chi connectivity index (χ4n) is 2.64. The van der Waals surface area contributed by atoms with Crippen molar-refractivity contribution < 1.29 is 0 Å². The molecule has 2 heterocycles. The lowest BCUT2D eigenvalue weighted by molar-refractivity contribution is 0.486. The molecule has 1 N–H and O–H groups in total. The van der Waals surface area contributed by atoms with Gasteiger partial charge in [-0.2, -0.15) is 5.26 Å². The van der Waals surface area contributed by atoms with Gasteiger partial charge in [-0.15, -0.1) is 0 Å². The number of benzene rings is 1. The molecular formula is C16H16N4. The molecule has 0 aliphatic carbocycles. The van der Waals surface area contributed by atoms with Crippen LogP contribution in [0.5, 0.6) is 0 Å². The normalized spacial score (nSPS) is 18.6. The van der Waals surface area contributed by atoms with E-state index in [9.17, 15) is 5.26 Å². The van der Waals surface area contributed by atoms with Crippen molar-refractivity contribution in [1.29, 1.82) is 5.26 Å². The molecule has 0 bridgehead atoms. The van der Waals surface area contributed by atoms with Gasteiger partial charge in [0.05, 0.1) is 11.6 Å². The summed E-state index contributed by atoms with van der Waals surface area (Å²) in [5.74, 6) is 0.783. The highest BCUT2D eigenvalue weighted by atomic mass is 15.3. The van der Waals surface area contributed by atoms with E-state index < -0.39 is 0 Å². The summed E-state index contributed by atoms with van der Waals surface area (Å²) in [7, 11) is 0. The number of nitrogens with zero attached hydrogens (tertiary/aromatic N) is 3. The van der Waals surface area contributed by atoms with Crippen LogP contribution in [-0.4, -0.2) is 24.6 Å². The second-order valence-electron chi connectivity index (χ2n) is 4.81. The summed E-state index contributed by atoms with van der Waals surface area (Å²) in [6.45, 7) is 2.63. The zero-order chi connectivity index (χ0) is 13.8. The van der Waals surface area contributed by atoms with Gasteiger partial charge in [0, 0.05) is 25.8 Å². The molecule has 1 aliphatic rings. The van der Waals surface area contributed by atoms with E-state index in [0.29, 0.717) is 5.56 Å². The van der Waals surface area contributed by atoms with Gasteiger partial charge >= 0.3 is 0 Å². The Labute approximate surface area is 118 Å². The van der Waals surface area contributed by atoms with Gasteiger partial charge < -0.3 is 10.2 Å². The summed E-state index contributed by atoms with van der Waals surface area (Å²) >= 11 is 0. The van der Waals surface area contributed by atoms with E-state index in [1.807, 2.05) is 30.3 Å². The molecule has 2 aromatic rings. The first-order chi connectivity index (χ1) is 9.90. The summed E-state index contributed by atoms with van der Waals surface area (Å²) in [6.07, 6.45) is 1.75. The van der Waals surface area contributed by atoms with Crippen LogP contribution in [-0.2, 0) is 0 Å². The van der Waals surface area contributed by atoms with Crippen LogP contribution in [0.4, 0.5) is 5.82 Å². The van der Waals surface area contributed by atoms with E-state index in [2.05, 4.69) is 33.4 Å². The number of hydrogen-bond donors (Lipinski definition) is 1. The predicted molar refractivity (Wildman–Crippen MR) is 78.4 cm³/mol. The Morgan fingerprint density at radius 2 is 2.05 bits per heavy atom. The predicted octanol–water partition coefficient (Wildman–Crippen LogP) is 2.10. The van der Waals surface area contributed by atoms with E-state index in [4.69, 9.17) is 0 Å². The maximum atomic E-state index is 9.27. The highest BCUT2D eigenvalue weighted by Crippen LogP contribution is 2.28. The molecule has 1 aromatic carbocycles. The van der Waals surface area contributed by atoms with Crippen LogP contribution in [0.2, 0.25) is 0 Å². The first kappa shape index (κ1) is 12.6. The van der Waals surface area contributed by atoms with Crippen molar-refractivity contribution in [2.75, 3.05) is 24.5 Å². The number of hydrogen-bond acceptors (Lipinski definition) is 4. The van der Waals surface area contributed by atoms with Crippen LogP contribution in [0.25, 0.3) is 0 Å². The van der Waals surface area contributed by atoms with Crippen molar-refractivity contribution in [2.24, 2.45) is 0 Å². The Morgan fingerprint density at radius 3 is 2.85 bits per heavy atom. The Balaban J connectivity index is 2.00. The molecule has 1 saturated heterocycles. The van der Waals surface area contributed by atoms with Crippen LogP contribution in [0.15, 0.2) is 48.7 Å². The molecule has 3 rings (SSSR count). The van der Waals surface area contributed by atoms with Gasteiger partial charge in [-0.3, -0.25) is 0 Å². The van der Waals surface area contributed by atoms with Crippen LogP contribution in [0.3, 0.4) is 0 Å². The molecule has 0 radical (unpaired) electrons. The van der Waals surface area contributed by atoms with Gasteiger partial charge in [0.25, 0.3) is 0 Å². The average molecular weight is 264 g/mol. The number of rotatable bonds is 2. The molecule has 4 heteroatoms. The van der Waals surface area contributed by atoms with Crippen LogP contribution >= 0.6 is 0 Å². The smallest absolute Gasteiger partial charge is 0.147 e. The third-order valence-electron chi connectivity index (χ3n) is 3.61. The molecule has 0 saturated carbocycles. The fraction of sp³-hybridized carbons (Fsp3) is 0.250. The standard InChI is InChI=1S/C16H16N4/c17-11-14-7-4-8-19-16(14)20-10-9-18-12-15(20)13-5-2-1-3-6-13/h1-8,15,18H,9-10,12H2. The average Bonchev–Trinajstić information content (AvgIpc) is 2.55. The van der Waals surface area contributed by atoms with E-state index in [1.54, 1.807) is 6.20 Å². The summed E-state index contributed by atoms with van der Waals surface area (Å²) < 4.78 is 0. The summed E-state index contributed by atoms with van der Waals surface area (Å²) in [5, 5.41) is 12.7. The number of nitriles is 1. The largest absolute Gasteiger partial charge is 0.346 e. The van der Waals surface area contributed by atoms with Crippen molar-refractivity contribution in [3.63, 3.8) is 0 Å². The quantitative estimate of drug-likeness (QED) is 0.902. The van der Waals surface area contributed by atoms with Crippen LogP contribution < -0.4 is 10.2 Å². The van der Waals surface area contributed by atoms with Gasteiger partial charge in [-0.25, -0.2) is 4.98 Å². The van der Waals surface area contributed by atoms with Gasteiger partial charge in [-0.1, -0.05) is 30.3 Å². The first-order valence-electron chi connectivity index (χ1n) is 6.77. The van der Waals surface area contributed by atoms with E-state index in [0.717, 1.165) is 25.5 Å². The van der Waals surface area contributed by atoms with Crippen molar-refractivity contribution in [3.8, 4) is 6.07 Å². The molecular weight excluding hydrogens is 248 g/mol. The first-order valence-corrected chi connectivity index (χ1v) is 6.77. The van der Waals surface area contributed by atoms with Gasteiger partial charge in [0.2, 0.25) is 0 Å². The van der Waals surface area contributed by atoms with Crippen molar-refractivity contribution in [1.82, 2.24) is 10.3 Å². The van der Waals surface area contributed by atoms with Gasteiger partial charge in [0.1, 0.15) is 11.9 Å². The molecule has 1 fully saturated rings. The third-order valence-corrected chi connectivity index (χ3v) is 3.61. The van der Waals surface area contributed by atoms with E-state index in [-0.39, 0.29) is 6.04 Å². The summed E-state index contributed by atoms with van der Waals surface area (Å²) in [4.78, 5) is 6.65. The molecule has 1 aromatic heterocycles. The van der Waals surface area contributed by atoms with Gasteiger partial charge in [-0.05, 0) is 17.7 Å². The minimum atomic E-state index is 0.215. The summed E-state index contributed by atoms with van der Waals surface area (Å²) in [5.41, 5.74) is 1.88. The van der Waals surface area contributed by atoms with E-state index in [1.165, 1.54) is 5.56 Å². The molecule has 0 amide bonds. The molecule has 4 nitrogen and oxygen atoms in total. The number of piperazine rings is 1. The highest BCUT2D eigenvalue weighted by Gasteiger charge is 2.26. The third kappa shape index (κ3) is 2.36. The second kappa shape index (κ2) is 5.72. The minimum Gasteiger partial charge on any atom is -0.346 e. The number of nitrogens with one attached hydrogen (secondary N) is 1. The van der Waals surface area contributed by atoms with E-state index >= 15 is 0 Å². The van der Waals surface area contributed by atoms with Crippen molar-refractivity contribution in [3.05, 3.63) is 59.8 Å². The van der Waals surface area contributed by atoms with Crippen molar-refractivity contribution >= 4 is 5.82 Å². The SMILES string of the molecule is N#Cc1cccnc1N1CCNCC1c1ccccc1. The molecule has 20 heavy (non-hydrogen) atoms. The summed E-state index contributed by atoms with van der Waals surface area (Å²) in [6, 6.07) is 16.5. The Bertz CT molecular complexity index is 618. The monoisotopic (exact) mass is 264 g/mol. The van der Waals surface area contributed by atoms with Crippen molar-refractivity contribution in [2.45, 2.75) is 6.04 Å². The Morgan fingerprint density at radius 1 is 1.20 bits per heavy atom. The Hall–Kier alpha value is -2.38. The number of aromatic nitrogens is 1. The fourth-order valence-corrected chi connectivity index (χ4v) is 2.64. The lowest BCUT2D eigenvalue weighted by Gasteiger charge is -2.37. The molecule has 1 unspecified atom stereocenters. The molecule has 100 valence electrons. The molecule has 1 atom stereocenters. The zero-order valence-electron chi connectivity index (χ0n) is 11.2. The van der Waals surface area contributed by atoms with Gasteiger partial charge in [0.15, 0.2) is 0 Å². The zero-order valence-corrected chi connectivity index (χ0v) is 11.2. The maximum Gasteiger partial charge on any atom is 0.147 e. The lowest BCUT2D eigenvalue weighted by Crippen LogP contribution is -2.46. The number of anilines is 1. The van der Waals surface area contributed by atoms with Crippen LogP contribution in [0, 0.1) is 11.3 Å². The molecule has 0 spiro atoms. The Kier molecular flexibility index (Phi) is 3.62. The number of pyridine rings is 1. The highest BCUT2D eigenvalue weighted by molar-refractivity contribution is 5.55. The second-order valence-corrected chi connectivity index (χ2v) is 4.81.